The predicted octanol–water partition coefficient (Wildman–Crippen LogP) is 7.57. The molecule has 0 saturated heterocycles. The lowest BCUT2D eigenvalue weighted by atomic mass is 9.78. The number of ether oxygens (including phenoxy) is 1. The number of esters is 1. The van der Waals surface area contributed by atoms with E-state index >= 15 is 0 Å². The van der Waals surface area contributed by atoms with Crippen LogP contribution in [0, 0.1) is 0 Å². The second-order valence-corrected chi connectivity index (χ2v) is 10.3. The highest BCUT2D eigenvalue weighted by atomic mass is 16.5. The fraction of sp³-hybridized carbons (Fsp3) is 0.500. The van der Waals surface area contributed by atoms with Gasteiger partial charge in [0, 0.05) is 29.2 Å². The number of aromatic hydroxyl groups is 1. The molecule has 0 saturated carbocycles. The predicted molar refractivity (Wildman–Crippen MR) is 139 cm³/mol. The molecule has 180 valence electrons. The Morgan fingerprint density at radius 2 is 1.36 bits per heavy atom. The summed E-state index contributed by atoms with van der Waals surface area (Å²) in [5.74, 6) is 0.479. The molecule has 0 atom stereocenters. The van der Waals surface area contributed by atoms with Crippen LogP contribution in [0.25, 0.3) is 0 Å². The van der Waals surface area contributed by atoms with Gasteiger partial charge in [-0.1, -0.05) is 86.2 Å². The van der Waals surface area contributed by atoms with Crippen molar-refractivity contribution in [3.8, 4) is 11.5 Å². The Hall–Kier alpha value is -2.55. The number of aryl methyl sites for hydroxylation is 2. The van der Waals surface area contributed by atoms with Crippen molar-refractivity contribution >= 4 is 5.97 Å². The molecule has 0 aliphatic rings. The van der Waals surface area contributed by atoms with Gasteiger partial charge in [-0.2, -0.15) is 0 Å². The van der Waals surface area contributed by atoms with E-state index in [9.17, 15) is 9.90 Å². The minimum atomic E-state index is -0.465. The Labute approximate surface area is 200 Å². The van der Waals surface area contributed by atoms with Crippen LogP contribution in [0.3, 0.4) is 0 Å². The van der Waals surface area contributed by atoms with Gasteiger partial charge in [0.2, 0.25) is 0 Å². The van der Waals surface area contributed by atoms with Gasteiger partial charge in [-0.15, -0.1) is 0 Å². The highest BCUT2D eigenvalue weighted by Crippen LogP contribution is 2.42. The second kappa shape index (κ2) is 10.6. The largest absolute Gasteiger partial charge is 0.507 e. The van der Waals surface area contributed by atoms with Crippen molar-refractivity contribution < 1.29 is 14.6 Å². The molecule has 1 N–H and O–H groups in total. The van der Waals surface area contributed by atoms with Gasteiger partial charge in [-0.05, 0) is 53.2 Å². The van der Waals surface area contributed by atoms with Crippen LogP contribution in [-0.4, -0.2) is 11.1 Å². The third-order valence-corrected chi connectivity index (χ3v) is 7.27. The van der Waals surface area contributed by atoms with Crippen LogP contribution in [0.1, 0.15) is 102 Å². The lowest BCUT2D eigenvalue weighted by molar-refractivity contribution is -0.129. The minimum absolute atomic E-state index is 0.136. The molecule has 0 radical (unpaired) electrons. The van der Waals surface area contributed by atoms with Crippen molar-refractivity contribution in [2.45, 2.75) is 98.3 Å². The molecule has 3 nitrogen and oxygen atoms in total. The number of phenolic OH excluding ortho intramolecular Hbond substituents is 1. The third kappa shape index (κ3) is 5.88. The number of carbonyl (C=O) groups is 1. The number of carbonyl (C=O) groups excluding carboxylic acids is 1. The van der Waals surface area contributed by atoms with Crippen LogP contribution in [0.4, 0.5) is 0 Å². The van der Waals surface area contributed by atoms with E-state index in [0.717, 1.165) is 47.9 Å². The fourth-order valence-electron chi connectivity index (χ4n) is 4.06. The summed E-state index contributed by atoms with van der Waals surface area (Å²) in [5, 5.41) is 11.3. The second-order valence-electron chi connectivity index (χ2n) is 10.3. The molecule has 0 fully saturated rings. The summed E-state index contributed by atoms with van der Waals surface area (Å²) < 4.78 is 5.86. The van der Waals surface area contributed by atoms with Crippen LogP contribution in [0.5, 0.6) is 11.5 Å². The van der Waals surface area contributed by atoms with E-state index in [1.165, 1.54) is 17.2 Å². The molecule has 2 aromatic carbocycles. The van der Waals surface area contributed by atoms with Crippen molar-refractivity contribution in [3.05, 3.63) is 70.3 Å². The molecule has 0 spiro atoms. The van der Waals surface area contributed by atoms with Crippen LogP contribution in [-0.2, 0) is 34.9 Å². The Kier molecular flexibility index (Phi) is 8.57. The van der Waals surface area contributed by atoms with E-state index < -0.39 is 5.97 Å². The van der Waals surface area contributed by atoms with Gasteiger partial charge < -0.3 is 9.84 Å². The van der Waals surface area contributed by atoms with Gasteiger partial charge in [0.15, 0.2) is 0 Å². The van der Waals surface area contributed by atoms with Crippen LogP contribution in [0.15, 0.2) is 36.9 Å². The van der Waals surface area contributed by atoms with Crippen LogP contribution in [0.2, 0.25) is 0 Å². The molecular weight excluding hydrogens is 408 g/mol. The summed E-state index contributed by atoms with van der Waals surface area (Å²) in [5.41, 5.74) is 5.88. The van der Waals surface area contributed by atoms with Crippen molar-refractivity contribution in [1.82, 2.24) is 0 Å². The van der Waals surface area contributed by atoms with E-state index in [2.05, 4.69) is 86.2 Å². The molecule has 0 aliphatic heterocycles. The Bertz CT molecular complexity index is 1010. The summed E-state index contributed by atoms with van der Waals surface area (Å²) in [6, 6.07) is 8.50. The summed E-state index contributed by atoms with van der Waals surface area (Å²) >= 11 is 0. The van der Waals surface area contributed by atoms with Gasteiger partial charge in [0.1, 0.15) is 11.5 Å². The molecule has 33 heavy (non-hydrogen) atoms. The lowest BCUT2D eigenvalue weighted by Gasteiger charge is -2.29. The quantitative estimate of drug-likeness (QED) is 0.231. The average Bonchev–Trinajstić information content (AvgIpc) is 2.80. The Balaban J connectivity index is 2.79. The fourth-order valence-corrected chi connectivity index (χ4v) is 4.06. The van der Waals surface area contributed by atoms with E-state index in [-0.39, 0.29) is 10.8 Å². The van der Waals surface area contributed by atoms with E-state index in [1.807, 2.05) is 0 Å². The highest BCUT2D eigenvalue weighted by molar-refractivity contribution is 5.84. The first-order valence-corrected chi connectivity index (χ1v) is 12.3. The first kappa shape index (κ1) is 26.7. The van der Waals surface area contributed by atoms with Crippen LogP contribution < -0.4 is 4.74 Å². The molecular formula is C30H42O3. The maximum atomic E-state index is 12.3. The van der Waals surface area contributed by atoms with Gasteiger partial charge in [-0.25, -0.2) is 4.79 Å². The molecule has 0 bridgehead atoms. The summed E-state index contributed by atoms with van der Waals surface area (Å²) in [6.45, 7) is 20.8. The summed E-state index contributed by atoms with van der Waals surface area (Å²) in [7, 11) is 0. The van der Waals surface area contributed by atoms with Gasteiger partial charge in [0.05, 0.1) is 0 Å². The third-order valence-electron chi connectivity index (χ3n) is 7.27. The first-order chi connectivity index (χ1) is 15.4. The molecule has 3 heteroatoms. The lowest BCUT2D eigenvalue weighted by Crippen LogP contribution is -2.20. The van der Waals surface area contributed by atoms with E-state index in [0.29, 0.717) is 17.9 Å². The van der Waals surface area contributed by atoms with Crippen molar-refractivity contribution in [2.75, 3.05) is 0 Å². The maximum Gasteiger partial charge on any atom is 0.335 e. The first-order valence-electron chi connectivity index (χ1n) is 12.3. The summed E-state index contributed by atoms with van der Waals surface area (Å²) in [4.78, 5) is 12.3. The van der Waals surface area contributed by atoms with Gasteiger partial charge in [0.25, 0.3) is 0 Å². The molecule has 0 amide bonds. The van der Waals surface area contributed by atoms with E-state index in [4.69, 9.17) is 4.74 Å². The maximum absolute atomic E-state index is 12.3. The molecule has 0 heterocycles. The number of rotatable bonds is 10. The molecule has 2 aromatic rings. The number of hydrogen-bond donors (Lipinski definition) is 1. The Morgan fingerprint density at radius 3 is 1.85 bits per heavy atom. The number of hydrogen-bond acceptors (Lipinski definition) is 3. The van der Waals surface area contributed by atoms with E-state index in [1.54, 1.807) is 0 Å². The molecule has 0 aliphatic carbocycles. The minimum Gasteiger partial charge on any atom is -0.507 e. The number of phenols is 1. The van der Waals surface area contributed by atoms with Crippen molar-refractivity contribution in [2.24, 2.45) is 0 Å². The molecule has 0 unspecified atom stereocenters. The average molecular weight is 451 g/mol. The topological polar surface area (TPSA) is 46.5 Å². The van der Waals surface area contributed by atoms with Crippen molar-refractivity contribution in [3.63, 3.8) is 0 Å². The van der Waals surface area contributed by atoms with Gasteiger partial charge >= 0.3 is 5.97 Å². The monoisotopic (exact) mass is 450 g/mol. The highest BCUT2D eigenvalue weighted by Gasteiger charge is 2.28. The van der Waals surface area contributed by atoms with Crippen LogP contribution >= 0.6 is 0 Å². The standard InChI is InChI=1S/C30H42O3/c1-10-20-15-22(27(32)24(17-20)29(6,7)13-4)19-23-16-21(11-2)18-25(30(8,9)14-5)28(23)33-26(31)12-3/h12,15-18,32H,3,10-11,13-14,19H2,1-2,4-9H3. The summed E-state index contributed by atoms with van der Waals surface area (Å²) in [6.07, 6.45) is 5.30. The SMILES string of the molecule is C=CC(=O)Oc1c(Cc2cc(CC)cc(C(C)(C)CC)c2O)cc(CC)cc1C(C)(C)CC. The van der Waals surface area contributed by atoms with Gasteiger partial charge in [-0.3, -0.25) is 0 Å². The normalized spacial score (nSPS) is 12.0. The zero-order valence-corrected chi connectivity index (χ0v) is 21.9. The molecule has 2 rings (SSSR count). The number of benzene rings is 2. The zero-order valence-electron chi connectivity index (χ0n) is 21.9. The molecule has 0 aromatic heterocycles. The smallest absolute Gasteiger partial charge is 0.335 e. The zero-order chi connectivity index (χ0) is 25.0. The van der Waals surface area contributed by atoms with Crippen molar-refractivity contribution in [1.29, 1.82) is 0 Å². The Morgan fingerprint density at radius 1 is 0.879 bits per heavy atom.